The van der Waals surface area contributed by atoms with Gasteiger partial charge in [0.1, 0.15) is 16.1 Å². The molecular formula is C13H20N2OS. The van der Waals surface area contributed by atoms with E-state index in [1.54, 1.807) is 7.11 Å². The second kappa shape index (κ2) is 5.27. The van der Waals surface area contributed by atoms with Crippen molar-refractivity contribution < 1.29 is 4.74 Å². The Bertz CT molecular complexity index is 433. The first-order valence-electron chi connectivity index (χ1n) is 6.30. The van der Waals surface area contributed by atoms with Crippen molar-refractivity contribution in [3.05, 3.63) is 22.2 Å². The van der Waals surface area contributed by atoms with Crippen LogP contribution in [0.5, 0.6) is 0 Å². The van der Waals surface area contributed by atoms with Crippen molar-refractivity contribution >= 4 is 12.2 Å². The van der Waals surface area contributed by atoms with Crippen LogP contribution in [0.4, 0.5) is 0 Å². The molecule has 1 saturated carbocycles. The Hall–Kier alpha value is -0.740. The summed E-state index contributed by atoms with van der Waals surface area (Å²) >= 11 is 5.20. The van der Waals surface area contributed by atoms with Gasteiger partial charge in [-0.15, -0.1) is 0 Å². The monoisotopic (exact) mass is 252 g/mol. The molecule has 1 N–H and O–H groups in total. The molecule has 0 amide bonds. The fourth-order valence-corrected chi connectivity index (χ4v) is 2.90. The van der Waals surface area contributed by atoms with Crippen molar-refractivity contribution in [1.29, 1.82) is 0 Å². The van der Waals surface area contributed by atoms with E-state index in [-0.39, 0.29) is 5.60 Å². The first-order chi connectivity index (χ1) is 8.16. The maximum Gasteiger partial charge on any atom is 0.140 e. The van der Waals surface area contributed by atoms with E-state index in [1.165, 1.54) is 25.7 Å². The Labute approximate surface area is 108 Å². The minimum absolute atomic E-state index is 0.254. The van der Waals surface area contributed by atoms with Gasteiger partial charge in [0.05, 0.1) is 0 Å². The van der Waals surface area contributed by atoms with E-state index in [4.69, 9.17) is 17.0 Å². The van der Waals surface area contributed by atoms with Crippen LogP contribution in [-0.4, -0.2) is 17.1 Å². The topological polar surface area (TPSA) is 37.9 Å². The summed E-state index contributed by atoms with van der Waals surface area (Å²) in [5.74, 6) is 0.909. The fourth-order valence-electron chi connectivity index (χ4n) is 2.63. The molecule has 0 bridgehead atoms. The third-order valence-electron chi connectivity index (χ3n) is 3.61. The molecule has 0 aliphatic heterocycles. The molecule has 1 aliphatic rings. The van der Waals surface area contributed by atoms with Crippen molar-refractivity contribution in [2.45, 2.75) is 51.0 Å². The smallest absolute Gasteiger partial charge is 0.140 e. The number of hydrogen-bond donors (Lipinski definition) is 1. The molecule has 94 valence electrons. The normalized spacial score (nSPS) is 19.9. The van der Waals surface area contributed by atoms with Crippen molar-refractivity contribution in [3.8, 4) is 0 Å². The molecule has 1 aromatic rings. The molecule has 3 nitrogen and oxygen atoms in total. The zero-order valence-corrected chi connectivity index (χ0v) is 11.4. The van der Waals surface area contributed by atoms with Crippen molar-refractivity contribution in [2.75, 3.05) is 7.11 Å². The summed E-state index contributed by atoms with van der Waals surface area (Å²) in [6, 6.07) is 1.89. The molecule has 0 unspecified atom stereocenters. The lowest BCUT2D eigenvalue weighted by Gasteiger charge is -2.30. The first-order valence-corrected chi connectivity index (χ1v) is 6.71. The van der Waals surface area contributed by atoms with E-state index in [0.717, 1.165) is 24.4 Å². The Morgan fingerprint density at radius 3 is 2.47 bits per heavy atom. The Morgan fingerprint density at radius 1 is 1.29 bits per heavy atom. The molecule has 1 fully saturated rings. The molecule has 1 heterocycles. The number of nitrogens with one attached hydrogen (secondary N) is 1. The van der Waals surface area contributed by atoms with Crippen LogP contribution in [0.1, 0.15) is 50.0 Å². The average Bonchev–Trinajstić information content (AvgIpc) is 2.53. The lowest BCUT2D eigenvalue weighted by molar-refractivity contribution is -0.0353. The first kappa shape index (κ1) is 12.7. The molecule has 17 heavy (non-hydrogen) atoms. The quantitative estimate of drug-likeness (QED) is 0.645. The number of hydrogen-bond acceptors (Lipinski definition) is 3. The van der Waals surface area contributed by atoms with E-state index in [9.17, 15) is 0 Å². The van der Waals surface area contributed by atoms with Gasteiger partial charge in [-0.1, -0.05) is 37.9 Å². The van der Waals surface area contributed by atoms with Gasteiger partial charge in [-0.25, -0.2) is 4.98 Å². The molecule has 1 aliphatic carbocycles. The van der Waals surface area contributed by atoms with Crippen molar-refractivity contribution in [1.82, 2.24) is 9.97 Å². The van der Waals surface area contributed by atoms with Crippen molar-refractivity contribution in [3.63, 3.8) is 0 Å². The maximum atomic E-state index is 5.81. The second-order valence-corrected chi connectivity index (χ2v) is 5.28. The lowest BCUT2D eigenvalue weighted by Crippen LogP contribution is -2.30. The van der Waals surface area contributed by atoms with Gasteiger partial charge < -0.3 is 9.72 Å². The van der Waals surface area contributed by atoms with E-state index >= 15 is 0 Å². The summed E-state index contributed by atoms with van der Waals surface area (Å²) in [5.41, 5.74) is 0.802. The number of rotatable bonds is 2. The molecule has 0 atom stereocenters. The lowest BCUT2D eigenvalue weighted by atomic mass is 9.93. The third-order valence-corrected chi connectivity index (χ3v) is 3.82. The fraction of sp³-hybridized carbons (Fsp3) is 0.692. The summed E-state index contributed by atoms with van der Waals surface area (Å²) < 4.78 is 6.46. The summed E-state index contributed by atoms with van der Waals surface area (Å²) in [6.45, 7) is 2.01. The molecule has 0 aromatic carbocycles. The highest BCUT2D eigenvalue weighted by molar-refractivity contribution is 7.71. The van der Waals surface area contributed by atoms with Crippen LogP contribution < -0.4 is 0 Å². The number of aryl methyl sites for hydroxylation is 1. The summed E-state index contributed by atoms with van der Waals surface area (Å²) in [4.78, 5) is 7.81. The molecule has 0 radical (unpaired) electrons. The van der Waals surface area contributed by atoms with Crippen LogP contribution in [0.15, 0.2) is 6.07 Å². The molecule has 0 spiro atoms. The highest BCUT2D eigenvalue weighted by Crippen LogP contribution is 2.37. The second-order valence-electron chi connectivity index (χ2n) is 4.86. The minimum Gasteiger partial charge on any atom is -0.370 e. The zero-order valence-electron chi connectivity index (χ0n) is 10.6. The summed E-state index contributed by atoms with van der Waals surface area (Å²) in [6.07, 6.45) is 7.04. The van der Waals surface area contributed by atoms with E-state index < -0.39 is 0 Å². The van der Waals surface area contributed by atoms with E-state index in [0.29, 0.717) is 4.64 Å². The number of methoxy groups -OCH3 is 1. The van der Waals surface area contributed by atoms with Gasteiger partial charge in [-0.3, -0.25) is 0 Å². The van der Waals surface area contributed by atoms with E-state index in [1.807, 2.05) is 13.0 Å². The van der Waals surface area contributed by atoms with Gasteiger partial charge in [0.2, 0.25) is 0 Å². The predicted octanol–water partition coefficient (Wildman–Crippen LogP) is 3.64. The number of ether oxygens (including phenoxy) is 1. The SMILES string of the molecule is COC1(c2nc(=S)cc(C)[nH]2)CCCCCC1. The highest BCUT2D eigenvalue weighted by atomic mass is 32.1. The van der Waals surface area contributed by atoms with Crippen LogP contribution in [0, 0.1) is 11.6 Å². The Morgan fingerprint density at radius 2 is 1.94 bits per heavy atom. The van der Waals surface area contributed by atoms with Gasteiger partial charge in [0.15, 0.2) is 0 Å². The molecular weight excluding hydrogens is 232 g/mol. The maximum absolute atomic E-state index is 5.81. The Kier molecular flexibility index (Phi) is 3.94. The molecule has 0 saturated heterocycles. The highest BCUT2D eigenvalue weighted by Gasteiger charge is 2.35. The van der Waals surface area contributed by atoms with Gasteiger partial charge in [0.25, 0.3) is 0 Å². The standard InChI is InChI=1S/C13H20N2OS/c1-10-9-11(17)15-12(14-10)13(16-2)7-5-3-4-6-8-13/h9H,3-8H2,1-2H3,(H,14,15,17). The van der Waals surface area contributed by atoms with Gasteiger partial charge in [-0.05, 0) is 25.8 Å². The number of nitrogens with zero attached hydrogens (tertiary/aromatic N) is 1. The zero-order chi connectivity index (χ0) is 12.3. The van der Waals surface area contributed by atoms with Crippen LogP contribution in [0.25, 0.3) is 0 Å². The molecule has 2 rings (SSSR count). The van der Waals surface area contributed by atoms with Crippen LogP contribution in [-0.2, 0) is 10.3 Å². The number of aromatic nitrogens is 2. The summed E-state index contributed by atoms with van der Waals surface area (Å²) in [5, 5.41) is 0. The van der Waals surface area contributed by atoms with Gasteiger partial charge in [0, 0.05) is 12.8 Å². The van der Waals surface area contributed by atoms with Gasteiger partial charge >= 0.3 is 0 Å². The number of aromatic amines is 1. The predicted molar refractivity (Wildman–Crippen MR) is 70.5 cm³/mol. The third kappa shape index (κ3) is 2.75. The van der Waals surface area contributed by atoms with Gasteiger partial charge in [-0.2, -0.15) is 0 Å². The average molecular weight is 252 g/mol. The summed E-state index contributed by atoms with van der Waals surface area (Å²) in [7, 11) is 1.78. The van der Waals surface area contributed by atoms with Crippen LogP contribution in [0.2, 0.25) is 0 Å². The van der Waals surface area contributed by atoms with Crippen molar-refractivity contribution in [2.24, 2.45) is 0 Å². The largest absolute Gasteiger partial charge is 0.370 e. The minimum atomic E-state index is -0.254. The number of H-pyrrole nitrogens is 1. The molecule has 1 aromatic heterocycles. The Balaban J connectivity index is 2.41. The molecule has 4 heteroatoms. The van der Waals surface area contributed by atoms with Crippen LogP contribution in [0.3, 0.4) is 0 Å². The van der Waals surface area contributed by atoms with Crippen LogP contribution >= 0.6 is 12.2 Å². The van der Waals surface area contributed by atoms with E-state index in [2.05, 4.69) is 9.97 Å².